The standard InChI is InChI=1S/C18H23NO/c1-14-9-10-15(2)17(11-14)13-19(12-16(3)20)18-7-5-4-6-8-18/h4-11,16,20H,12-13H2,1-3H3. The van der Waals surface area contributed by atoms with Gasteiger partial charge >= 0.3 is 0 Å². The molecule has 0 bridgehead atoms. The zero-order valence-electron chi connectivity index (χ0n) is 12.5. The van der Waals surface area contributed by atoms with Crippen molar-refractivity contribution in [2.45, 2.75) is 33.4 Å². The molecule has 0 amide bonds. The van der Waals surface area contributed by atoms with Crippen molar-refractivity contribution in [3.8, 4) is 0 Å². The zero-order valence-corrected chi connectivity index (χ0v) is 12.5. The molecule has 20 heavy (non-hydrogen) atoms. The molecule has 2 aromatic rings. The van der Waals surface area contributed by atoms with Crippen molar-refractivity contribution < 1.29 is 5.11 Å². The van der Waals surface area contributed by atoms with Crippen molar-refractivity contribution in [1.82, 2.24) is 0 Å². The molecule has 0 radical (unpaired) electrons. The van der Waals surface area contributed by atoms with Crippen LogP contribution in [0.2, 0.25) is 0 Å². The normalized spacial score (nSPS) is 12.2. The summed E-state index contributed by atoms with van der Waals surface area (Å²) < 4.78 is 0. The highest BCUT2D eigenvalue weighted by Gasteiger charge is 2.11. The summed E-state index contributed by atoms with van der Waals surface area (Å²) in [6.07, 6.45) is -0.347. The monoisotopic (exact) mass is 269 g/mol. The molecule has 0 saturated carbocycles. The zero-order chi connectivity index (χ0) is 14.5. The van der Waals surface area contributed by atoms with Crippen molar-refractivity contribution >= 4 is 5.69 Å². The van der Waals surface area contributed by atoms with E-state index in [4.69, 9.17) is 0 Å². The van der Waals surface area contributed by atoms with Gasteiger partial charge in [-0.2, -0.15) is 0 Å². The minimum absolute atomic E-state index is 0.347. The van der Waals surface area contributed by atoms with Crippen LogP contribution in [0.3, 0.4) is 0 Å². The van der Waals surface area contributed by atoms with Gasteiger partial charge < -0.3 is 10.0 Å². The van der Waals surface area contributed by atoms with Gasteiger partial charge in [0.25, 0.3) is 0 Å². The Morgan fingerprint density at radius 2 is 1.75 bits per heavy atom. The van der Waals surface area contributed by atoms with E-state index in [-0.39, 0.29) is 6.10 Å². The van der Waals surface area contributed by atoms with E-state index in [1.807, 2.05) is 25.1 Å². The number of aliphatic hydroxyl groups excluding tert-OH is 1. The van der Waals surface area contributed by atoms with Crippen molar-refractivity contribution in [2.75, 3.05) is 11.4 Å². The third kappa shape index (κ3) is 3.84. The maximum absolute atomic E-state index is 9.74. The van der Waals surface area contributed by atoms with Crippen molar-refractivity contribution in [3.63, 3.8) is 0 Å². The van der Waals surface area contributed by atoms with E-state index >= 15 is 0 Å². The Balaban J connectivity index is 2.26. The van der Waals surface area contributed by atoms with Crippen LogP contribution in [0.4, 0.5) is 5.69 Å². The Morgan fingerprint density at radius 1 is 1.05 bits per heavy atom. The van der Waals surface area contributed by atoms with E-state index in [1.54, 1.807) is 0 Å². The molecule has 0 heterocycles. The molecular weight excluding hydrogens is 246 g/mol. The van der Waals surface area contributed by atoms with Crippen LogP contribution in [0.15, 0.2) is 48.5 Å². The SMILES string of the molecule is Cc1ccc(C)c(CN(CC(C)O)c2ccccc2)c1. The second-order valence-corrected chi connectivity index (χ2v) is 5.50. The number of para-hydroxylation sites is 1. The molecule has 0 aromatic heterocycles. The van der Waals surface area contributed by atoms with Crippen LogP contribution in [0.25, 0.3) is 0 Å². The minimum atomic E-state index is -0.347. The lowest BCUT2D eigenvalue weighted by molar-refractivity contribution is 0.199. The fraction of sp³-hybridized carbons (Fsp3) is 0.333. The Hall–Kier alpha value is -1.80. The first-order valence-corrected chi connectivity index (χ1v) is 7.10. The maximum atomic E-state index is 9.74. The van der Waals surface area contributed by atoms with Crippen molar-refractivity contribution in [3.05, 3.63) is 65.2 Å². The molecule has 1 N–H and O–H groups in total. The number of hydrogen-bond donors (Lipinski definition) is 1. The van der Waals surface area contributed by atoms with E-state index in [1.165, 1.54) is 16.7 Å². The van der Waals surface area contributed by atoms with Crippen LogP contribution in [0.5, 0.6) is 0 Å². The maximum Gasteiger partial charge on any atom is 0.0687 e. The van der Waals surface area contributed by atoms with Gasteiger partial charge in [0, 0.05) is 18.8 Å². The van der Waals surface area contributed by atoms with Gasteiger partial charge in [0.2, 0.25) is 0 Å². The quantitative estimate of drug-likeness (QED) is 0.895. The first-order chi connectivity index (χ1) is 9.56. The van der Waals surface area contributed by atoms with E-state index in [0.717, 1.165) is 12.2 Å². The van der Waals surface area contributed by atoms with Crippen molar-refractivity contribution in [2.24, 2.45) is 0 Å². The summed E-state index contributed by atoms with van der Waals surface area (Å²) in [4.78, 5) is 2.23. The molecule has 0 saturated heterocycles. The van der Waals surface area contributed by atoms with Crippen LogP contribution in [-0.2, 0) is 6.54 Å². The molecule has 0 aliphatic heterocycles. The molecule has 2 aromatic carbocycles. The summed E-state index contributed by atoms with van der Waals surface area (Å²) in [6, 6.07) is 16.8. The Bertz CT molecular complexity index is 549. The molecule has 1 unspecified atom stereocenters. The third-order valence-corrected chi connectivity index (χ3v) is 3.47. The van der Waals surface area contributed by atoms with Crippen LogP contribution in [0, 0.1) is 13.8 Å². The highest BCUT2D eigenvalue weighted by atomic mass is 16.3. The van der Waals surface area contributed by atoms with Crippen LogP contribution >= 0.6 is 0 Å². The summed E-state index contributed by atoms with van der Waals surface area (Å²) in [5.41, 5.74) is 5.03. The number of benzene rings is 2. The first-order valence-electron chi connectivity index (χ1n) is 7.10. The van der Waals surface area contributed by atoms with E-state index < -0.39 is 0 Å². The number of aryl methyl sites for hydroxylation is 2. The molecule has 2 rings (SSSR count). The number of hydrogen-bond acceptors (Lipinski definition) is 2. The largest absolute Gasteiger partial charge is 0.392 e. The molecular formula is C18H23NO. The van der Waals surface area contributed by atoms with Gasteiger partial charge in [0.1, 0.15) is 0 Å². The number of nitrogens with zero attached hydrogens (tertiary/aromatic N) is 1. The average Bonchev–Trinajstić information content (AvgIpc) is 2.42. The predicted molar refractivity (Wildman–Crippen MR) is 85.1 cm³/mol. The topological polar surface area (TPSA) is 23.5 Å². The van der Waals surface area contributed by atoms with Crippen LogP contribution < -0.4 is 4.90 Å². The molecule has 0 aliphatic rings. The lowest BCUT2D eigenvalue weighted by Crippen LogP contribution is -2.30. The summed E-state index contributed by atoms with van der Waals surface area (Å²) >= 11 is 0. The average molecular weight is 269 g/mol. The fourth-order valence-electron chi connectivity index (χ4n) is 2.40. The van der Waals surface area contributed by atoms with Crippen LogP contribution in [-0.4, -0.2) is 17.8 Å². The van der Waals surface area contributed by atoms with Gasteiger partial charge in [-0.1, -0.05) is 42.0 Å². The molecule has 1 atom stereocenters. The molecule has 0 aliphatic carbocycles. The summed E-state index contributed by atoms with van der Waals surface area (Å²) in [5, 5.41) is 9.74. The fourth-order valence-corrected chi connectivity index (χ4v) is 2.40. The van der Waals surface area contributed by atoms with Crippen LogP contribution in [0.1, 0.15) is 23.6 Å². The highest BCUT2D eigenvalue weighted by Crippen LogP contribution is 2.20. The number of rotatable bonds is 5. The molecule has 2 heteroatoms. The van der Waals surface area contributed by atoms with Gasteiger partial charge in [-0.15, -0.1) is 0 Å². The van der Waals surface area contributed by atoms with Gasteiger partial charge in [-0.25, -0.2) is 0 Å². The summed E-state index contributed by atoms with van der Waals surface area (Å²) in [7, 11) is 0. The Kier molecular flexibility index (Phi) is 4.80. The van der Waals surface area contributed by atoms with Gasteiger partial charge in [-0.3, -0.25) is 0 Å². The minimum Gasteiger partial charge on any atom is -0.392 e. The first kappa shape index (κ1) is 14.6. The molecule has 0 spiro atoms. The smallest absolute Gasteiger partial charge is 0.0687 e. The summed E-state index contributed by atoms with van der Waals surface area (Å²) in [6.45, 7) is 7.55. The lowest BCUT2D eigenvalue weighted by Gasteiger charge is -2.27. The highest BCUT2D eigenvalue weighted by molar-refractivity contribution is 5.47. The van der Waals surface area contributed by atoms with E-state index in [0.29, 0.717) is 6.54 Å². The molecule has 106 valence electrons. The number of anilines is 1. The van der Waals surface area contributed by atoms with Crippen molar-refractivity contribution in [1.29, 1.82) is 0 Å². The third-order valence-electron chi connectivity index (χ3n) is 3.47. The second-order valence-electron chi connectivity index (χ2n) is 5.50. The second kappa shape index (κ2) is 6.58. The Labute approximate surface area is 121 Å². The molecule has 0 fully saturated rings. The number of aliphatic hydroxyl groups is 1. The Morgan fingerprint density at radius 3 is 2.40 bits per heavy atom. The molecule has 2 nitrogen and oxygen atoms in total. The predicted octanol–water partition coefficient (Wildman–Crippen LogP) is 3.69. The van der Waals surface area contributed by atoms with E-state index in [2.05, 4.69) is 49.1 Å². The lowest BCUT2D eigenvalue weighted by atomic mass is 10.0. The van der Waals surface area contributed by atoms with E-state index in [9.17, 15) is 5.11 Å². The van der Waals surface area contributed by atoms with Gasteiger partial charge in [-0.05, 0) is 44.0 Å². The van der Waals surface area contributed by atoms with Gasteiger partial charge in [0.15, 0.2) is 0 Å². The summed E-state index contributed by atoms with van der Waals surface area (Å²) in [5.74, 6) is 0. The van der Waals surface area contributed by atoms with Gasteiger partial charge in [0.05, 0.1) is 6.10 Å².